The van der Waals surface area contributed by atoms with E-state index in [1.54, 1.807) is 0 Å². The summed E-state index contributed by atoms with van der Waals surface area (Å²) < 4.78 is 15.5. The summed E-state index contributed by atoms with van der Waals surface area (Å²) in [5, 5.41) is 2.58. The molecule has 27 heavy (non-hydrogen) atoms. The lowest BCUT2D eigenvalue weighted by Gasteiger charge is -2.11. The standard InChI is InChI=1S/C20H19NO6/c1-13(22)15-9-17-18(27-12-26-17)10-16(15)21-19(23)11-25-20(24)8-7-14-5-3-2-4-6-14/h2-6,9-10H,7-8,11-12H2,1H3,(H,21,23). The molecular formula is C20H19NO6. The van der Waals surface area contributed by atoms with Crippen molar-refractivity contribution >= 4 is 23.3 Å². The van der Waals surface area contributed by atoms with Gasteiger partial charge >= 0.3 is 5.97 Å². The van der Waals surface area contributed by atoms with E-state index in [1.165, 1.54) is 19.1 Å². The molecular weight excluding hydrogens is 350 g/mol. The zero-order valence-electron chi connectivity index (χ0n) is 14.8. The molecule has 0 spiro atoms. The summed E-state index contributed by atoms with van der Waals surface area (Å²) in [4.78, 5) is 35.7. The van der Waals surface area contributed by atoms with Crippen LogP contribution in [0.5, 0.6) is 11.5 Å². The third-order valence-corrected chi connectivity index (χ3v) is 3.99. The number of anilines is 1. The minimum absolute atomic E-state index is 0.0586. The number of amides is 1. The molecule has 1 aliphatic rings. The van der Waals surface area contributed by atoms with Gasteiger partial charge in [0.2, 0.25) is 6.79 Å². The second kappa shape index (κ2) is 8.35. The molecule has 7 heteroatoms. The lowest BCUT2D eigenvalue weighted by Crippen LogP contribution is -2.22. The van der Waals surface area contributed by atoms with Crippen molar-refractivity contribution in [1.82, 2.24) is 0 Å². The first-order valence-corrected chi connectivity index (χ1v) is 8.47. The second-order valence-corrected chi connectivity index (χ2v) is 6.00. The number of hydrogen-bond acceptors (Lipinski definition) is 6. The number of ether oxygens (including phenoxy) is 3. The van der Waals surface area contributed by atoms with Crippen LogP contribution in [0.4, 0.5) is 5.69 Å². The summed E-state index contributed by atoms with van der Waals surface area (Å²) >= 11 is 0. The van der Waals surface area contributed by atoms with E-state index in [0.717, 1.165) is 5.56 Å². The van der Waals surface area contributed by atoms with Gasteiger partial charge in [0, 0.05) is 18.1 Å². The van der Waals surface area contributed by atoms with Gasteiger partial charge in [0.1, 0.15) is 0 Å². The topological polar surface area (TPSA) is 90.9 Å². The van der Waals surface area contributed by atoms with Gasteiger partial charge in [-0.2, -0.15) is 0 Å². The zero-order chi connectivity index (χ0) is 19.2. The number of benzene rings is 2. The van der Waals surface area contributed by atoms with E-state index in [1.807, 2.05) is 30.3 Å². The molecule has 0 radical (unpaired) electrons. The summed E-state index contributed by atoms with van der Waals surface area (Å²) in [6.45, 7) is 1.01. The maximum Gasteiger partial charge on any atom is 0.306 e. The molecule has 1 aliphatic heterocycles. The quantitative estimate of drug-likeness (QED) is 0.596. The fourth-order valence-corrected chi connectivity index (χ4v) is 2.63. The molecule has 0 bridgehead atoms. The van der Waals surface area contributed by atoms with Crippen LogP contribution in [-0.2, 0) is 20.7 Å². The van der Waals surface area contributed by atoms with Gasteiger partial charge in [-0.1, -0.05) is 30.3 Å². The molecule has 1 heterocycles. The molecule has 0 unspecified atom stereocenters. The number of aryl methyl sites for hydroxylation is 1. The Morgan fingerprint density at radius 2 is 1.78 bits per heavy atom. The minimum Gasteiger partial charge on any atom is -0.456 e. The highest BCUT2D eigenvalue weighted by Gasteiger charge is 2.20. The highest BCUT2D eigenvalue weighted by Crippen LogP contribution is 2.37. The predicted molar refractivity (Wildman–Crippen MR) is 96.9 cm³/mol. The maximum absolute atomic E-state index is 12.1. The van der Waals surface area contributed by atoms with Gasteiger partial charge < -0.3 is 19.5 Å². The number of rotatable bonds is 7. The molecule has 2 aromatic carbocycles. The maximum atomic E-state index is 12.1. The number of carbonyl (C=O) groups is 3. The lowest BCUT2D eigenvalue weighted by atomic mass is 10.1. The van der Waals surface area contributed by atoms with Gasteiger partial charge in [0.15, 0.2) is 23.9 Å². The van der Waals surface area contributed by atoms with E-state index in [0.29, 0.717) is 23.5 Å². The molecule has 140 valence electrons. The fraction of sp³-hybridized carbons (Fsp3) is 0.250. The molecule has 1 amide bonds. The third kappa shape index (κ3) is 4.84. The normalized spacial score (nSPS) is 11.7. The number of fused-ring (bicyclic) bond motifs is 1. The Bertz CT molecular complexity index is 862. The Morgan fingerprint density at radius 1 is 1.07 bits per heavy atom. The average molecular weight is 369 g/mol. The monoisotopic (exact) mass is 369 g/mol. The Hall–Kier alpha value is -3.35. The largest absolute Gasteiger partial charge is 0.456 e. The van der Waals surface area contributed by atoms with Gasteiger partial charge in [-0.3, -0.25) is 14.4 Å². The number of hydrogen-bond donors (Lipinski definition) is 1. The molecule has 0 aliphatic carbocycles. The molecule has 0 saturated carbocycles. The summed E-state index contributed by atoms with van der Waals surface area (Å²) in [6.07, 6.45) is 0.720. The second-order valence-electron chi connectivity index (χ2n) is 6.00. The minimum atomic E-state index is -0.538. The van der Waals surface area contributed by atoms with Crippen LogP contribution in [0.3, 0.4) is 0 Å². The van der Waals surface area contributed by atoms with Crippen LogP contribution >= 0.6 is 0 Å². The van der Waals surface area contributed by atoms with Crippen molar-refractivity contribution in [2.75, 3.05) is 18.7 Å². The molecule has 1 N–H and O–H groups in total. The van der Waals surface area contributed by atoms with Gasteiger partial charge in [0.05, 0.1) is 5.69 Å². The van der Waals surface area contributed by atoms with E-state index in [4.69, 9.17) is 14.2 Å². The van der Waals surface area contributed by atoms with Crippen LogP contribution in [0.15, 0.2) is 42.5 Å². The van der Waals surface area contributed by atoms with Crippen LogP contribution in [0.1, 0.15) is 29.3 Å². The number of nitrogens with one attached hydrogen (secondary N) is 1. The number of Topliss-reactive ketones (excluding diaryl/α,β-unsaturated/α-hetero) is 1. The van der Waals surface area contributed by atoms with E-state index in [2.05, 4.69) is 5.32 Å². The van der Waals surface area contributed by atoms with Crippen LogP contribution in [-0.4, -0.2) is 31.1 Å². The summed E-state index contributed by atoms with van der Waals surface area (Å²) in [6, 6.07) is 12.6. The smallest absolute Gasteiger partial charge is 0.306 e. The summed E-state index contributed by atoms with van der Waals surface area (Å²) in [7, 11) is 0. The Labute approximate surface area is 156 Å². The number of carbonyl (C=O) groups excluding carboxylic acids is 3. The number of ketones is 1. The lowest BCUT2D eigenvalue weighted by molar-refractivity contribution is -0.147. The first-order chi connectivity index (χ1) is 13.0. The van der Waals surface area contributed by atoms with Gasteiger partial charge in [0.25, 0.3) is 5.91 Å². The Morgan fingerprint density at radius 3 is 2.48 bits per heavy atom. The predicted octanol–water partition coefficient (Wildman–Crippen LogP) is 2.73. The molecule has 7 nitrogen and oxygen atoms in total. The Balaban J connectivity index is 1.53. The van der Waals surface area contributed by atoms with E-state index in [-0.39, 0.29) is 24.7 Å². The van der Waals surface area contributed by atoms with Crippen molar-refractivity contribution in [1.29, 1.82) is 0 Å². The van der Waals surface area contributed by atoms with Gasteiger partial charge in [-0.15, -0.1) is 0 Å². The van der Waals surface area contributed by atoms with E-state index in [9.17, 15) is 14.4 Å². The Kier molecular flexibility index (Phi) is 5.71. The SMILES string of the molecule is CC(=O)c1cc2c(cc1NC(=O)COC(=O)CCc1ccccc1)OCO2. The first kappa shape index (κ1) is 18.4. The summed E-state index contributed by atoms with van der Waals surface area (Å²) in [5.41, 5.74) is 1.60. The van der Waals surface area contributed by atoms with Crippen LogP contribution in [0.25, 0.3) is 0 Å². The average Bonchev–Trinajstić information content (AvgIpc) is 3.12. The van der Waals surface area contributed by atoms with Crippen molar-refractivity contribution in [2.24, 2.45) is 0 Å². The molecule has 0 saturated heterocycles. The molecule has 0 aromatic heterocycles. The van der Waals surface area contributed by atoms with Crippen LogP contribution < -0.4 is 14.8 Å². The molecule has 0 atom stereocenters. The van der Waals surface area contributed by atoms with Crippen molar-refractivity contribution in [3.05, 3.63) is 53.6 Å². The van der Waals surface area contributed by atoms with Crippen LogP contribution in [0, 0.1) is 0 Å². The first-order valence-electron chi connectivity index (χ1n) is 8.47. The summed E-state index contributed by atoms with van der Waals surface area (Å²) in [5.74, 6) is -0.347. The van der Waals surface area contributed by atoms with Crippen molar-refractivity contribution in [3.63, 3.8) is 0 Å². The van der Waals surface area contributed by atoms with Gasteiger partial charge in [-0.05, 0) is 25.0 Å². The third-order valence-electron chi connectivity index (χ3n) is 3.99. The zero-order valence-corrected chi connectivity index (χ0v) is 14.8. The molecule has 0 fully saturated rings. The van der Waals surface area contributed by atoms with E-state index >= 15 is 0 Å². The van der Waals surface area contributed by atoms with Crippen molar-refractivity contribution < 1.29 is 28.6 Å². The fourth-order valence-electron chi connectivity index (χ4n) is 2.63. The van der Waals surface area contributed by atoms with Crippen molar-refractivity contribution in [2.45, 2.75) is 19.8 Å². The van der Waals surface area contributed by atoms with E-state index < -0.39 is 18.5 Å². The van der Waals surface area contributed by atoms with Crippen LogP contribution in [0.2, 0.25) is 0 Å². The molecule has 2 aromatic rings. The van der Waals surface area contributed by atoms with Gasteiger partial charge in [-0.25, -0.2) is 0 Å². The number of esters is 1. The molecule has 3 rings (SSSR count). The highest BCUT2D eigenvalue weighted by atomic mass is 16.7. The highest BCUT2D eigenvalue weighted by molar-refractivity contribution is 6.05. The van der Waals surface area contributed by atoms with Crippen molar-refractivity contribution in [3.8, 4) is 11.5 Å².